The van der Waals surface area contributed by atoms with Gasteiger partial charge in [-0.1, -0.05) is 37.3 Å². The van der Waals surface area contributed by atoms with E-state index in [9.17, 15) is 8.42 Å². The highest BCUT2D eigenvalue weighted by Crippen LogP contribution is 2.23. The maximum absolute atomic E-state index is 12.5. The molecule has 0 aliphatic heterocycles. The van der Waals surface area contributed by atoms with Gasteiger partial charge in [0.15, 0.2) is 0 Å². The van der Waals surface area contributed by atoms with Gasteiger partial charge in [0, 0.05) is 22.8 Å². The fraction of sp³-hybridized carbons (Fsp3) is 0.333. The van der Waals surface area contributed by atoms with E-state index in [4.69, 9.17) is 0 Å². The average molecular weight is 324 g/mol. The van der Waals surface area contributed by atoms with Crippen LogP contribution in [-0.4, -0.2) is 15.5 Å². The van der Waals surface area contributed by atoms with Crippen molar-refractivity contribution in [3.05, 3.63) is 52.2 Å². The van der Waals surface area contributed by atoms with Crippen LogP contribution >= 0.6 is 11.3 Å². The van der Waals surface area contributed by atoms with E-state index in [-0.39, 0.29) is 6.04 Å². The molecule has 1 aromatic heterocycles. The fourth-order valence-electron chi connectivity index (χ4n) is 2.10. The minimum absolute atomic E-state index is 0.205. The van der Waals surface area contributed by atoms with Gasteiger partial charge in [0.2, 0.25) is 10.0 Å². The Bertz CT molecular complexity index is 666. The molecule has 21 heavy (non-hydrogen) atoms. The Morgan fingerprint density at radius 2 is 1.95 bits per heavy atom. The number of benzene rings is 1. The Morgan fingerprint density at radius 1 is 1.24 bits per heavy atom. The van der Waals surface area contributed by atoms with Crippen molar-refractivity contribution in [3.8, 4) is 0 Å². The minimum Gasteiger partial charge on any atom is -0.315 e. The molecule has 6 heteroatoms. The summed E-state index contributed by atoms with van der Waals surface area (Å²) in [4.78, 5) is 1.35. The zero-order valence-corrected chi connectivity index (χ0v) is 13.8. The van der Waals surface area contributed by atoms with Crippen LogP contribution in [-0.2, 0) is 16.6 Å². The van der Waals surface area contributed by atoms with E-state index in [0.29, 0.717) is 17.9 Å². The van der Waals surface area contributed by atoms with Gasteiger partial charge in [-0.15, -0.1) is 11.3 Å². The summed E-state index contributed by atoms with van der Waals surface area (Å²) in [5.74, 6) is 0. The highest BCUT2D eigenvalue weighted by molar-refractivity contribution is 7.89. The van der Waals surface area contributed by atoms with Crippen molar-refractivity contribution in [1.82, 2.24) is 10.0 Å². The van der Waals surface area contributed by atoms with Gasteiger partial charge in [0.1, 0.15) is 0 Å². The molecule has 0 amide bonds. The molecular formula is C15H20N2O2S2. The van der Waals surface area contributed by atoms with E-state index >= 15 is 0 Å². The van der Waals surface area contributed by atoms with Crippen LogP contribution < -0.4 is 10.0 Å². The quantitative estimate of drug-likeness (QED) is 0.823. The standard InChI is InChI=1S/C15H20N2O2S2/c1-3-15(12-7-5-4-6-8-12)17-21(18,19)14-9-13(10-16-2)20-11-14/h4-9,11,15-17H,3,10H2,1-2H3. The van der Waals surface area contributed by atoms with Crippen molar-refractivity contribution in [2.45, 2.75) is 30.8 Å². The summed E-state index contributed by atoms with van der Waals surface area (Å²) in [5.41, 5.74) is 0.981. The Kier molecular flexibility index (Phi) is 5.52. The third kappa shape index (κ3) is 4.14. The molecule has 2 N–H and O–H groups in total. The van der Waals surface area contributed by atoms with Gasteiger partial charge < -0.3 is 5.32 Å². The van der Waals surface area contributed by atoms with Gasteiger partial charge in [-0.25, -0.2) is 13.1 Å². The summed E-state index contributed by atoms with van der Waals surface area (Å²) in [6.45, 7) is 2.65. The van der Waals surface area contributed by atoms with E-state index < -0.39 is 10.0 Å². The lowest BCUT2D eigenvalue weighted by Gasteiger charge is -2.17. The van der Waals surface area contributed by atoms with Crippen molar-refractivity contribution in [2.24, 2.45) is 0 Å². The number of sulfonamides is 1. The smallest absolute Gasteiger partial charge is 0.241 e. The lowest BCUT2D eigenvalue weighted by Crippen LogP contribution is -2.28. The van der Waals surface area contributed by atoms with Crippen LogP contribution in [0.15, 0.2) is 46.7 Å². The number of hydrogen-bond donors (Lipinski definition) is 2. The summed E-state index contributed by atoms with van der Waals surface area (Å²) in [5, 5.41) is 4.71. The third-order valence-electron chi connectivity index (χ3n) is 3.20. The first-order valence-electron chi connectivity index (χ1n) is 6.86. The van der Waals surface area contributed by atoms with Gasteiger partial charge in [0.25, 0.3) is 0 Å². The highest BCUT2D eigenvalue weighted by atomic mass is 32.2. The monoisotopic (exact) mass is 324 g/mol. The number of thiophene rings is 1. The van der Waals surface area contributed by atoms with Gasteiger partial charge in [-0.2, -0.15) is 0 Å². The van der Waals surface area contributed by atoms with Crippen LogP contribution in [0.4, 0.5) is 0 Å². The van der Waals surface area contributed by atoms with E-state index in [1.54, 1.807) is 11.4 Å². The summed E-state index contributed by atoms with van der Waals surface area (Å²) in [7, 11) is -1.64. The lowest BCUT2D eigenvalue weighted by atomic mass is 10.1. The molecule has 0 saturated carbocycles. The molecule has 1 atom stereocenters. The van der Waals surface area contributed by atoms with Crippen LogP contribution in [0.25, 0.3) is 0 Å². The predicted molar refractivity (Wildman–Crippen MR) is 86.9 cm³/mol. The van der Waals surface area contributed by atoms with Crippen molar-refractivity contribution < 1.29 is 8.42 Å². The van der Waals surface area contributed by atoms with Crippen LogP contribution in [0.3, 0.4) is 0 Å². The largest absolute Gasteiger partial charge is 0.315 e. The second-order valence-electron chi connectivity index (χ2n) is 4.77. The molecule has 114 valence electrons. The topological polar surface area (TPSA) is 58.2 Å². The van der Waals surface area contributed by atoms with Crippen molar-refractivity contribution >= 4 is 21.4 Å². The van der Waals surface area contributed by atoms with Crippen LogP contribution in [0.1, 0.15) is 29.8 Å². The molecule has 0 spiro atoms. The first-order chi connectivity index (χ1) is 10.1. The predicted octanol–water partition coefficient (Wildman–Crippen LogP) is 2.90. The van der Waals surface area contributed by atoms with E-state index in [2.05, 4.69) is 10.0 Å². The number of hydrogen-bond acceptors (Lipinski definition) is 4. The second-order valence-corrected chi connectivity index (χ2v) is 7.48. The van der Waals surface area contributed by atoms with Gasteiger partial charge in [-0.3, -0.25) is 0 Å². The van der Waals surface area contributed by atoms with E-state index in [1.165, 1.54) is 11.3 Å². The number of nitrogens with one attached hydrogen (secondary N) is 2. The zero-order valence-electron chi connectivity index (χ0n) is 12.2. The third-order valence-corrected chi connectivity index (χ3v) is 5.74. The van der Waals surface area contributed by atoms with Gasteiger partial charge in [-0.05, 0) is 25.1 Å². The fourth-order valence-corrected chi connectivity index (χ4v) is 4.69. The first-order valence-corrected chi connectivity index (χ1v) is 9.22. The zero-order chi connectivity index (χ0) is 15.3. The molecule has 0 fully saturated rings. The van der Waals surface area contributed by atoms with Crippen molar-refractivity contribution in [1.29, 1.82) is 0 Å². The molecule has 0 bridgehead atoms. The van der Waals surface area contributed by atoms with Crippen molar-refractivity contribution in [3.63, 3.8) is 0 Å². The second kappa shape index (κ2) is 7.17. The first kappa shape index (κ1) is 16.2. The molecule has 0 aliphatic rings. The highest BCUT2D eigenvalue weighted by Gasteiger charge is 2.21. The molecular weight excluding hydrogens is 304 g/mol. The lowest BCUT2D eigenvalue weighted by molar-refractivity contribution is 0.550. The van der Waals surface area contributed by atoms with E-state index in [1.807, 2.05) is 44.3 Å². The molecule has 1 heterocycles. The molecule has 0 radical (unpaired) electrons. The maximum Gasteiger partial charge on any atom is 0.241 e. The summed E-state index contributed by atoms with van der Waals surface area (Å²) in [6.07, 6.45) is 0.705. The molecule has 2 rings (SSSR count). The van der Waals surface area contributed by atoms with Crippen molar-refractivity contribution in [2.75, 3.05) is 7.05 Å². The molecule has 0 aliphatic carbocycles. The summed E-state index contributed by atoms with van der Waals surface area (Å²) >= 11 is 1.45. The summed E-state index contributed by atoms with van der Waals surface area (Å²) in [6, 6.07) is 11.2. The molecule has 4 nitrogen and oxygen atoms in total. The molecule has 0 saturated heterocycles. The normalized spacial score (nSPS) is 13.2. The molecule has 1 unspecified atom stereocenters. The van der Waals surface area contributed by atoms with Crippen LogP contribution in [0, 0.1) is 0 Å². The average Bonchev–Trinajstić information content (AvgIpc) is 2.96. The van der Waals surface area contributed by atoms with E-state index in [0.717, 1.165) is 10.4 Å². The Morgan fingerprint density at radius 3 is 2.57 bits per heavy atom. The SMILES string of the molecule is CCC(NS(=O)(=O)c1csc(CNC)c1)c1ccccc1. The van der Waals surface area contributed by atoms with Crippen LogP contribution in [0.5, 0.6) is 0 Å². The number of rotatable bonds is 7. The summed E-state index contributed by atoms with van der Waals surface area (Å²) < 4.78 is 27.7. The molecule has 2 aromatic rings. The molecule has 1 aromatic carbocycles. The Labute approximate surface area is 130 Å². The van der Waals surface area contributed by atoms with Gasteiger partial charge >= 0.3 is 0 Å². The Balaban J connectivity index is 2.19. The minimum atomic E-state index is -3.48. The van der Waals surface area contributed by atoms with Gasteiger partial charge in [0.05, 0.1) is 4.90 Å². The maximum atomic E-state index is 12.5. The Hall–Kier alpha value is -1.21. The van der Waals surface area contributed by atoms with Crippen LogP contribution in [0.2, 0.25) is 0 Å².